The lowest BCUT2D eigenvalue weighted by molar-refractivity contribution is 0.953. The Kier molecular flexibility index (Phi) is 5.28. The zero-order valence-electron chi connectivity index (χ0n) is 14.3. The molecule has 0 aromatic heterocycles. The third kappa shape index (κ3) is 4.23. The second-order valence-electron chi connectivity index (χ2n) is 6.41. The third-order valence-corrected chi connectivity index (χ3v) is 4.46. The monoisotopic (exact) mass is 312 g/mol. The van der Waals surface area contributed by atoms with Gasteiger partial charge in [-0.2, -0.15) is 0 Å². The molecular weight excluding hydrogens is 288 g/mol. The summed E-state index contributed by atoms with van der Waals surface area (Å²) in [6, 6.07) is 28.1. The van der Waals surface area contributed by atoms with Crippen molar-refractivity contribution in [3.8, 4) is 0 Å². The first-order valence-corrected chi connectivity index (χ1v) is 8.58. The Morgan fingerprint density at radius 3 is 2.12 bits per heavy atom. The van der Waals surface area contributed by atoms with Gasteiger partial charge in [-0.3, -0.25) is 0 Å². The maximum Gasteiger partial charge on any atom is -0.00256 e. The summed E-state index contributed by atoms with van der Waals surface area (Å²) in [7, 11) is 0. The molecule has 0 saturated heterocycles. The molecule has 0 fully saturated rings. The number of benzene rings is 3. The summed E-state index contributed by atoms with van der Waals surface area (Å²) in [5, 5.41) is 0. The molecule has 0 aliphatic rings. The quantitative estimate of drug-likeness (QED) is 0.521. The molecule has 0 aliphatic heterocycles. The predicted octanol–water partition coefficient (Wildman–Crippen LogP) is 6.04. The Balaban J connectivity index is 1.72. The summed E-state index contributed by atoms with van der Waals surface area (Å²) >= 11 is 0. The number of rotatable bonds is 6. The van der Waals surface area contributed by atoms with Crippen LogP contribution in [0.25, 0.3) is 5.57 Å². The molecule has 3 aromatic rings. The van der Waals surface area contributed by atoms with Gasteiger partial charge in [0.1, 0.15) is 0 Å². The molecule has 120 valence electrons. The van der Waals surface area contributed by atoms with Crippen molar-refractivity contribution >= 4 is 5.57 Å². The lowest BCUT2D eigenvalue weighted by Crippen LogP contribution is -1.98. The largest absolute Gasteiger partial charge is 0.0949 e. The standard InChI is InChI=1S/C24H24/c1-19-12-14-21(15-13-19)16-17-23-10-6-7-11-24(23)20(2)18-22-8-4-3-5-9-22/h3-15H,2,16-18H2,1H3. The highest BCUT2D eigenvalue weighted by molar-refractivity contribution is 5.68. The van der Waals surface area contributed by atoms with Crippen LogP contribution < -0.4 is 0 Å². The summed E-state index contributed by atoms with van der Waals surface area (Å²) in [5.74, 6) is 0. The van der Waals surface area contributed by atoms with Gasteiger partial charge in [0.25, 0.3) is 0 Å². The van der Waals surface area contributed by atoms with Gasteiger partial charge in [-0.15, -0.1) is 0 Å². The normalized spacial score (nSPS) is 10.5. The van der Waals surface area contributed by atoms with Crippen molar-refractivity contribution in [1.82, 2.24) is 0 Å². The van der Waals surface area contributed by atoms with Gasteiger partial charge in [0.15, 0.2) is 0 Å². The van der Waals surface area contributed by atoms with Crippen LogP contribution >= 0.6 is 0 Å². The fourth-order valence-electron chi connectivity index (χ4n) is 3.05. The van der Waals surface area contributed by atoms with Crippen molar-refractivity contribution in [3.05, 3.63) is 113 Å². The van der Waals surface area contributed by atoms with Gasteiger partial charge in [-0.1, -0.05) is 91.0 Å². The van der Waals surface area contributed by atoms with E-state index in [-0.39, 0.29) is 0 Å². The van der Waals surface area contributed by atoms with E-state index in [0.29, 0.717) is 0 Å². The number of hydrogen-bond acceptors (Lipinski definition) is 0. The van der Waals surface area contributed by atoms with Crippen LogP contribution in [0, 0.1) is 6.92 Å². The molecule has 0 spiro atoms. The Labute approximate surface area is 145 Å². The van der Waals surface area contributed by atoms with Crippen LogP contribution in [-0.2, 0) is 19.3 Å². The second-order valence-corrected chi connectivity index (χ2v) is 6.41. The smallest absolute Gasteiger partial charge is 0.00256 e. The van der Waals surface area contributed by atoms with Crippen LogP contribution in [-0.4, -0.2) is 0 Å². The fraction of sp³-hybridized carbons (Fsp3) is 0.167. The predicted molar refractivity (Wildman–Crippen MR) is 104 cm³/mol. The first-order valence-electron chi connectivity index (χ1n) is 8.58. The number of hydrogen-bond donors (Lipinski definition) is 0. The minimum absolute atomic E-state index is 0.905. The van der Waals surface area contributed by atoms with E-state index in [9.17, 15) is 0 Å². The molecule has 0 amide bonds. The molecule has 0 bridgehead atoms. The molecule has 0 saturated carbocycles. The van der Waals surface area contributed by atoms with Crippen LogP contribution in [0.3, 0.4) is 0 Å². The third-order valence-electron chi connectivity index (χ3n) is 4.46. The van der Waals surface area contributed by atoms with Crippen LogP contribution in [0.5, 0.6) is 0 Å². The van der Waals surface area contributed by atoms with Gasteiger partial charge in [0.2, 0.25) is 0 Å². The van der Waals surface area contributed by atoms with E-state index >= 15 is 0 Å². The van der Waals surface area contributed by atoms with E-state index in [4.69, 9.17) is 0 Å². The molecule has 0 radical (unpaired) electrons. The van der Waals surface area contributed by atoms with E-state index in [1.165, 1.54) is 33.4 Å². The first kappa shape index (κ1) is 16.3. The highest BCUT2D eigenvalue weighted by Gasteiger charge is 2.07. The van der Waals surface area contributed by atoms with Gasteiger partial charge >= 0.3 is 0 Å². The van der Waals surface area contributed by atoms with E-state index < -0.39 is 0 Å². The van der Waals surface area contributed by atoms with Crippen molar-refractivity contribution in [1.29, 1.82) is 0 Å². The van der Waals surface area contributed by atoms with Crippen molar-refractivity contribution in [3.63, 3.8) is 0 Å². The summed E-state index contributed by atoms with van der Waals surface area (Å²) in [6.07, 6.45) is 3.02. The Morgan fingerprint density at radius 1 is 0.708 bits per heavy atom. The van der Waals surface area contributed by atoms with Crippen LogP contribution in [0.4, 0.5) is 0 Å². The minimum atomic E-state index is 0.905. The van der Waals surface area contributed by atoms with Gasteiger partial charge in [0.05, 0.1) is 0 Å². The lowest BCUT2D eigenvalue weighted by Gasteiger charge is -2.12. The number of aryl methyl sites for hydroxylation is 3. The molecule has 24 heavy (non-hydrogen) atoms. The summed E-state index contributed by atoms with van der Waals surface area (Å²) in [6.45, 7) is 6.48. The van der Waals surface area contributed by atoms with E-state index in [1.807, 2.05) is 0 Å². The molecule has 0 nitrogen and oxygen atoms in total. The zero-order chi connectivity index (χ0) is 16.8. The average Bonchev–Trinajstić information content (AvgIpc) is 2.62. The van der Waals surface area contributed by atoms with Gasteiger partial charge in [-0.05, 0) is 54.0 Å². The van der Waals surface area contributed by atoms with Crippen molar-refractivity contribution in [2.75, 3.05) is 0 Å². The molecule has 0 unspecified atom stereocenters. The van der Waals surface area contributed by atoms with Crippen molar-refractivity contribution in [2.24, 2.45) is 0 Å². The Morgan fingerprint density at radius 2 is 1.38 bits per heavy atom. The summed E-state index contributed by atoms with van der Waals surface area (Å²) in [4.78, 5) is 0. The average molecular weight is 312 g/mol. The molecule has 0 N–H and O–H groups in total. The van der Waals surface area contributed by atoms with Gasteiger partial charge < -0.3 is 0 Å². The first-order chi connectivity index (χ1) is 11.7. The topological polar surface area (TPSA) is 0 Å². The highest BCUT2D eigenvalue weighted by Crippen LogP contribution is 2.23. The molecular formula is C24H24. The number of allylic oxidation sites excluding steroid dienone is 1. The molecule has 0 aliphatic carbocycles. The molecule has 0 heteroatoms. The minimum Gasteiger partial charge on any atom is -0.0949 e. The van der Waals surface area contributed by atoms with Crippen LogP contribution in [0.2, 0.25) is 0 Å². The lowest BCUT2D eigenvalue weighted by atomic mass is 9.92. The molecule has 0 atom stereocenters. The van der Waals surface area contributed by atoms with E-state index in [2.05, 4.69) is 92.4 Å². The molecule has 0 heterocycles. The van der Waals surface area contributed by atoms with Crippen molar-refractivity contribution < 1.29 is 0 Å². The highest BCUT2D eigenvalue weighted by atomic mass is 14.1. The molecule has 3 aromatic carbocycles. The SMILES string of the molecule is C=C(Cc1ccccc1)c1ccccc1CCc1ccc(C)cc1. The van der Waals surface area contributed by atoms with E-state index in [0.717, 1.165) is 19.3 Å². The zero-order valence-corrected chi connectivity index (χ0v) is 14.3. The maximum absolute atomic E-state index is 4.35. The van der Waals surface area contributed by atoms with Gasteiger partial charge in [-0.25, -0.2) is 0 Å². The summed E-state index contributed by atoms with van der Waals surface area (Å²) < 4.78 is 0. The summed E-state index contributed by atoms with van der Waals surface area (Å²) in [5.41, 5.74) is 7.91. The van der Waals surface area contributed by atoms with Crippen LogP contribution in [0.1, 0.15) is 27.8 Å². The molecule has 3 rings (SSSR count). The van der Waals surface area contributed by atoms with Gasteiger partial charge in [0, 0.05) is 0 Å². The second kappa shape index (κ2) is 7.79. The van der Waals surface area contributed by atoms with Crippen molar-refractivity contribution in [2.45, 2.75) is 26.2 Å². The van der Waals surface area contributed by atoms with Crippen LogP contribution in [0.15, 0.2) is 85.4 Å². The Bertz CT molecular complexity index is 795. The Hall–Kier alpha value is -2.60. The van der Waals surface area contributed by atoms with E-state index in [1.54, 1.807) is 0 Å². The maximum atomic E-state index is 4.35. The fourth-order valence-corrected chi connectivity index (χ4v) is 3.05.